The van der Waals surface area contributed by atoms with E-state index in [1.165, 1.54) is 19.3 Å². The summed E-state index contributed by atoms with van der Waals surface area (Å²) < 4.78 is 5.59. The van der Waals surface area contributed by atoms with Crippen LogP contribution in [-0.4, -0.2) is 35.8 Å². The molecule has 112 valence electrons. The number of nitrogens with one attached hydrogen (secondary N) is 2. The Balaban J connectivity index is 1.83. The molecule has 5 heteroatoms. The zero-order valence-electron chi connectivity index (χ0n) is 12.6. The molecule has 1 aliphatic rings. The summed E-state index contributed by atoms with van der Waals surface area (Å²) in [4.78, 5) is 8.92. The number of aromatic nitrogens is 2. The van der Waals surface area contributed by atoms with Crippen LogP contribution in [0.25, 0.3) is 0 Å². The van der Waals surface area contributed by atoms with Crippen LogP contribution in [0.5, 0.6) is 0 Å². The number of aryl methyl sites for hydroxylation is 1. The molecule has 0 spiro atoms. The lowest BCUT2D eigenvalue weighted by Gasteiger charge is -2.12. The van der Waals surface area contributed by atoms with Crippen molar-refractivity contribution in [1.82, 2.24) is 9.97 Å². The topological polar surface area (TPSA) is 59.1 Å². The second-order valence-corrected chi connectivity index (χ2v) is 5.37. The van der Waals surface area contributed by atoms with Crippen molar-refractivity contribution in [3.8, 4) is 0 Å². The van der Waals surface area contributed by atoms with E-state index in [2.05, 4.69) is 27.5 Å². The van der Waals surface area contributed by atoms with E-state index in [-0.39, 0.29) is 0 Å². The maximum atomic E-state index is 5.59. The number of nitrogens with zero attached hydrogens (tertiary/aromatic N) is 2. The molecule has 20 heavy (non-hydrogen) atoms. The highest BCUT2D eigenvalue weighted by Crippen LogP contribution is 2.14. The molecular formula is C15H26N4O. The molecular weight excluding hydrogens is 252 g/mol. The Kier molecular flexibility index (Phi) is 6.05. The maximum absolute atomic E-state index is 5.59. The van der Waals surface area contributed by atoms with E-state index < -0.39 is 0 Å². The van der Waals surface area contributed by atoms with Crippen LogP contribution in [-0.2, 0) is 4.74 Å². The van der Waals surface area contributed by atoms with E-state index in [0.717, 1.165) is 44.0 Å². The van der Waals surface area contributed by atoms with Gasteiger partial charge in [0.2, 0.25) is 5.95 Å². The van der Waals surface area contributed by atoms with Gasteiger partial charge in [0.25, 0.3) is 0 Å². The number of ether oxygens (including phenoxy) is 1. The summed E-state index contributed by atoms with van der Waals surface area (Å²) in [5, 5.41) is 6.65. The highest BCUT2D eigenvalue weighted by Gasteiger charge is 2.15. The predicted molar refractivity (Wildman–Crippen MR) is 82.2 cm³/mol. The average molecular weight is 278 g/mol. The molecule has 2 N–H and O–H groups in total. The van der Waals surface area contributed by atoms with Gasteiger partial charge in [-0.1, -0.05) is 19.8 Å². The fraction of sp³-hybridized carbons (Fsp3) is 0.733. The Bertz CT molecular complexity index is 405. The molecule has 1 unspecified atom stereocenters. The Labute approximate surface area is 121 Å². The standard InChI is InChI=1S/C15H26N4O/c1-3-4-5-8-16-14-10-12(2)18-15(19-14)17-11-13-7-6-9-20-13/h10,13H,3-9,11H2,1-2H3,(H2,16,17,18,19). The minimum atomic E-state index is 0.306. The van der Waals surface area contributed by atoms with Crippen LogP contribution in [0.1, 0.15) is 44.7 Å². The number of hydrogen-bond donors (Lipinski definition) is 2. The van der Waals surface area contributed by atoms with Gasteiger partial charge >= 0.3 is 0 Å². The van der Waals surface area contributed by atoms with Gasteiger partial charge in [0.15, 0.2) is 0 Å². The number of rotatable bonds is 8. The minimum absolute atomic E-state index is 0.306. The van der Waals surface area contributed by atoms with Crippen molar-refractivity contribution in [2.45, 2.75) is 52.1 Å². The number of hydrogen-bond acceptors (Lipinski definition) is 5. The van der Waals surface area contributed by atoms with Gasteiger partial charge in [-0.25, -0.2) is 4.98 Å². The van der Waals surface area contributed by atoms with Crippen molar-refractivity contribution in [3.63, 3.8) is 0 Å². The van der Waals surface area contributed by atoms with E-state index in [1.807, 2.05) is 13.0 Å². The lowest BCUT2D eigenvalue weighted by atomic mass is 10.2. The van der Waals surface area contributed by atoms with Gasteiger partial charge in [0, 0.05) is 31.5 Å². The fourth-order valence-corrected chi connectivity index (χ4v) is 2.34. The Morgan fingerprint density at radius 1 is 1.30 bits per heavy atom. The molecule has 1 atom stereocenters. The molecule has 2 heterocycles. The average Bonchev–Trinajstić information content (AvgIpc) is 2.94. The van der Waals surface area contributed by atoms with E-state index in [4.69, 9.17) is 4.74 Å². The largest absolute Gasteiger partial charge is 0.376 e. The Morgan fingerprint density at radius 2 is 2.20 bits per heavy atom. The molecule has 0 radical (unpaired) electrons. The molecule has 0 bridgehead atoms. The van der Waals surface area contributed by atoms with E-state index >= 15 is 0 Å². The van der Waals surface area contributed by atoms with Gasteiger partial charge in [0.05, 0.1) is 6.10 Å². The lowest BCUT2D eigenvalue weighted by molar-refractivity contribution is 0.120. The van der Waals surface area contributed by atoms with Crippen LogP contribution in [0.2, 0.25) is 0 Å². The summed E-state index contributed by atoms with van der Waals surface area (Å²) in [6, 6.07) is 1.99. The predicted octanol–water partition coefficient (Wildman–Crippen LogP) is 2.98. The van der Waals surface area contributed by atoms with Gasteiger partial charge in [-0.3, -0.25) is 0 Å². The summed E-state index contributed by atoms with van der Waals surface area (Å²) in [5.41, 5.74) is 0.979. The monoisotopic (exact) mass is 278 g/mol. The van der Waals surface area contributed by atoms with Crippen LogP contribution < -0.4 is 10.6 Å². The molecule has 5 nitrogen and oxygen atoms in total. The summed E-state index contributed by atoms with van der Waals surface area (Å²) in [6.07, 6.45) is 6.25. The fourth-order valence-electron chi connectivity index (χ4n) is 2.34. The van der Waals surface area contributed by atoms with Crippen LogP contribution in [0, 0.1) is 6.92 Å². The molecule has 2 rings (SSSR count). The van der Waals surface area contributed by atoms with E-state index in [1.54, 1.807) is 0 Å². The van der Waals surface area contributed by atoms with Gasteiger partial charge in [-0.15, -0.1) is 0 Å². The third-order valence-electron chi connectivity index (χ3n) is 3.45. The van der Waals surface area contributed by atoms with Crippen LogP contribution in [0.15, 0.2) is 6.07 Å². The molecule has 0 aromatic carbocycles. The van der Waals surface area contributed by atoms with Crippen molar-refractivity contribution in [2.24, 2.45) is 0 Å². The molecule has 1 aromatic heterocycles. The first-order valence-corrected chi connectivity index (χ1v) is 7.73. The smallest absolute Gasteiger partial charge is 0.224 e. The highest BCUT2D eigenvalue weighted by atomic mass is 16.5. The molecule has 1 aromatic rings. The molecule has 1 saturated heterocycles. The Hall–Kier alpha value is -1.36. The van der Waals surface area contributed by atoms with E-state index in [0.29, 0.717) is 12.1 Å². The third-order valence-corrected chi connectivity index (χ3v) is 3.45. The highest BCUT2D eigenvalue weighted by molar-refractivity contribution is 5.42. The second kappa shape index (κ2) is 8.04. The van der Waals surface area contributed by atoms with Crippen molar-refractivity contribution in [2.75, 3.05) is 30.3 Å². The van der Waals surface area contributed by atoms with Gasteiger partial charge in [0.1, 0.15) is 5.82 Å². The van der Waals surface area contributed by atoms with Crippen molar-refractivity contribution < 1.29 is 4.74 Å². The van der Waals surface area contributed by atoms with Gasteiger partial charge < -0.3 is 15.4 Å². The molecule has 0 amide bonds. The summed E-state index contributed by atoms with van der Waals surface area (Å²) in [6.45, 7) is 6.84. The number of unbranched alkanes of at least 4 members (excludes halogenated alkanes) is 2. The summed E-state index contributed by atoms with van der Waals surface area (Å²) in [5.74, 6) is 1.60. The zero-order chi connectivity index (χ0) is 14.2. The molecule has 0 saturated carbocycles. The van der Waals surface area contributed by atoms with Gasteiger partial charge in [-0.2, -0.15) is 4.98 Å². The van der Waals surface area contributed by atoms with Gasteiger partial charge in [-0.05, 0) is 26.2 Å². The second-order valence-electron chi connectivity index (χ2n) is 5.37. The van der Waals surface area contributed by atoms with Crippen LogP contribution in [0.3, 0.4) is 0 Å². The number of anilines is 2. The third kappa shape index (κ3) is 4.96. The molecule has 1 fully saturated rings. The Morgan fingerprint density at radius 3 is 2.95 bits per heavy atom. The SMILES string of the molecule is CCCCCNc1cc(C)nc(NCC2CCCO2)n1. The quantitative estimate of drug-likeness (QED) is 0.716. The summed E-state index contributed by atoms with van der Waals surface area (Å²) in [7, 11) is 0. The van der Waals surface area contributed by atoms with Crippen LogP contribution in [0.4, 0.5) is 11.8 Å². The maximum Gasteiger partial charge on any atom is 0.224 e. The minimum Gasteiger partial charge on any atom is -0.376 e. The lowest BCUT2D eigenvalue weighted by Crippen LogP contribution is -2.20. The van der Waals surface area contributed by atoms with Crippen molar-refractivity contribution in [1.29, 1.82) is 0 Å². The first-order chi connectivity index (χ1) is 9.78. The van der Waals surface area contributed by atoms with Crippen LogP contribution >= 0.6 is 0 Å². The van der Waals surface area contributed by atoms with Crippen molar-refractivity contribution >= 4 is 11.8 Å². The summed E-state index contributed by atoms with van der Waals surface area (Å²) >= 11 is 0. The zero-order valence-corrected chi connectivity index (χ0v) is 12.6. The first-order valence-electron chi connectivity index (χ1n) is 7.73. The normalized spacial score (nSPS) is 18.2. The molecule has 0 aliphatic carbocycles. The first kappa shape index (κ1) is 15.0. The van der Waals surface area contributed by atoms with Crippen molar-refractivity contribution in [3.05, 3.63) is 11.8 Å². The molecule has 1 aliphatic heterocycles. The van der Waals surface area contributed by atoms with E-state index in [9.17, 15) is 0 Å².